The summed E-state index contributed by atoms with van der Waals surface area (Å²) in [5.41, 5.74) is 0.842. The van der Waals surface area contributed by atoms with Crippen molar-refractivity contribution in [2.45, 2.75) is 39.5 Å². The van der Waals surface area contributed by atoms with Crippen molar-refractivity contribution in [3.8, 4) is 5.75 Å². The number of ether oxygens (including phenoxy) is 1. The summed E-state index contributed by atoms with van der Waals surface area (Å²) in [5.74, 6) is -0.202. The van der Waals surface area contributed by atoms with E-state index in [1.54, 1.807) is 12.1 Å². The molecule has 2 nitrogen and oxygen atoms in total. The Labute approximate surface area is 117 Å². The molecule has 1 aromatic rings. The number of unbranched alkanes of at least 4 members (excludes halogenated alkanes) is 2. The Hall–Kier alpha value is -1.65. The molecule has 1 aromatic carbocycles. The standard InChI is InChI=1S/C15H20F3NO/c1-3-5-6-7-12-19(4-2)13-8-10-14(11-9-13)20-15(16,17)18/h7-12H,3-6H2,1-2H3/b12-7+. The number of halogens is 3. The average molecular weight is 287 g/mol. The van der Waals surface area contributed by atoms with E-state index in [0.717, 1.165) is 31.5 Å². The Morgan fingerprint density at radius 2 is 1.80 bits per heavy atom. The highest BCUT2D eigenvalue weighted by Gasteiger charge is 2.30. The first-order valence-electron chi connectivity index (χ1n) is 6.75. The third-order valence-electron chi connectivity index (χ3n) is 2.75. The van der Waals surface area contributed by atoms with Crippen molar-refractivity contribution in [2.75, 3.05) is 11.4 Å². The summed E-state index contributed by atoms with van der Waals surface area (Å²) in [4.78, 5) is 1.98. The van der Waals surface area contributed by atoms with Gasteiger partial charge in [-0.05, 0) is 37.6 Å². The van der Waals surface area contributed by atoms with E-state index in [0.29, 0.717) is 0 Å². The maximum absolute atomic E-state index is 12.1. The molecule has 0 saturated heterocycles. The van der Waals surface area contributed by atoms with Gasteiger partial charge in [0.05, 0.1) is 0 Å². The van der Waals surface area contributed by atoms with Crippen LogP contribution in [0.25, 0.3) is 0 Å². The Balaban J connectivity index is 2.67. The van der Waals surface area contributed by atoms with Crippen molar-refractivity contribution in [1.29, 1.82) is 0 Å². The second-order valence-electron chi connectivity index (χ2n) is 4.35. The molecule has 0 aliphatic rings. The molecule has 5 heteroatoms. The zero-order valence-corrected chi connectivity index (χ0v) is 11.8. The highest BCUT2D eigenvalue weighted by atomic mass is 19.4. The molecule has 0 unspecified atom stereocenters. The number of hydrogen-bond acceptors (Lipinski definition) is 2. The van der Waals surface area contributed by atoms with Crippen LogP contribution < -0.4 is 9.64 Å². The topological polar surface area (TPSA) is 12.5 Å². The largest absolute Gasteiger partial charge is 0.573 e. The fourth-order valence-electron chi connectivity index (χ4n) is 1.74. The summed E-state index contributed by atoms with van der Waals surface area (Å²) in [7, 11) is 0. The van der Waals surface area contributed by atoms with Crippen LogP contribution in [0, 0.1) is 0 Å². The lowest BCUT2D eigenvalue weighted by molar-refractivity contribution is -0.274. The molecule has 0 radical (unpaired) electrons. The number of nitrogens with zero attached hydrogens (tertiary/aromatic N) is 1. The van der Waals surface area contributed by atoms with Crippen LogP contribution in [-0.4, -0.2) is 12.9 Å². The van der Waals surface area contributed by atoms with Crippen molar-refractivity contribution in [2.24, 2.45) is 0 Å². The van der Waals surface area contributed by atoms with Crippen molar-refractivity contribution in [1.82, 2.24) is 0 Å². The van der Waals surface area contributed by atoms with Gasteiger partial charge in [0.1, 0.15) is 5.75 Å². The van der Waals surface area contributed by atoms with Gasteiger partial charge in [-0.1, -0.05) is 25.8 Å². The molecule has 0 amide bonds. The van der Waals surface area contributed by atoms with Gasteiger partial charge in [-0.2, -0.15) is 0 Å². The van der Waals surface area contributed by atoms with E-state index >= 15 is 0 Å². The predicted octanol–water partition coefficient (Wildman–Crippen LogP) is 5.12. The lowest BCUT2D eigenvalue weighted by Gasteiger charge is -2.19. The molecule has 0 heterocycles. The van der Waals surface area contributed by atoms with Crippen LogP contribution in [0.15, 0.2) is 36.5 Å². The third kappa shape index (κ3) is 5.99. The smallest absolute Gasteiger partial charge is 0.406 e. The van der Waals surface area contributed by atoms with Gasteiger partial charge in [0.2, 0.25) is 0 Å². The number of alkyl halides is 3. The lowest BCUT2D eigenvalue weighted by Crippen LogP contribution is -2.17. The fraction of sp³-hybridized carbons (Fsp3) is 0.467. The van der Waals surface area contributed by atoms with Gasteiger partial charge in [-0.15, -0.1) is 13.2 Å². The van der Waals surface area contributed by atoms with Crippen LogP contribution in [0.1, 0.15) is 33.1 Å². The van der Waals surface area contributed by atoms with E-state index in [1.165, 1.54) is 12.1 Å². The molecule has 0 bridgehead atoms. The lowest BCUT2D eigenvalue weighted by atomic mass is 10.2. The zero-order chi connectivity index (χ0) is 15.0. The molecule has 1 rings (SSSR count). The molecular formula is C15H20F3NO. The maximum Gasteiger partial charge on any atom is 0.573 e. The van der Waals surface area contributed by atoms with E-state index < -0.39 is 6.36 Å². The summed E-state index contributed by atoms with van der Waals surface area (Å²) in [6, 6.07) is 5.89. The molecule has 0 spiro atoms. The molecule has 0 N–H and O–H groups in total. The van der Waals surface area contributed by atoms with E-state index in [-0.39, 0.29) is 5.75 Å². The summed E-state index contributed by atoms with van der Waals surface area (Å²) in [6.45, 7) is 4.87. The Morgan fingerprint density at radius 3 is 2.30 bits per heavy atom. The molecule has 0 atom stereocenters. The Kier molecular flexibility index (Phi) is 6.42. The van der Waals surface area contributed by atoms with Crippen LogP contribution in [0.2, 0.25) is 0 Å². The summed E-state index contributed by atoms with van der Waals surface area (Å²) < 4.78 is 40.0. The molecular weight excluding hydrogens is 267 g/mol. The van der Waals surface area contributed by atoms with E-state index in [4.69, 9.17) is 0 Å². The molecule has 0 fully saturated rings. The minimum Gasteiger partial charge on any atom is -0.406 e. The first-order chi connectivity index (χ1) is 9.46. The first kappa shape index (κ1) is 16.4. The SMILES string of the molecule is CCCC/C=C/N(CC)c1ccc(OC(F)(F)F)cc1. The van der Waals surface area contributed by atoms with Crippen LogP contribution in [0.3, 0.4) is 0 Å². The average Bonchev–Trinajstić information content (AvgIpc) is 2.38. The molecule has 0 saturated carbocycles. The van der Waals surface area contributed by atoms with Gasteiger partial charge in [-0.3, -0.25) is 0 Å². The predicted molar refractivity (Wildman–Crippen MR) is 74.8 cm³/mol. The molecule has 0 aromatic heterocycles. The van der Waals surface area contributed by atoms with Gasteiger partial charge in [-0.25, -0.2) is 0 Å². The monoisotopic (exact) mass is 287 g/mol. The van der Waals surface area contributed by atoms with Crippen LogP contribution in [0.4, 0.5) is 18.9 Å². The van der Waals surface area contributed by atoms with Crippen molar-refractivity contribution in [3.05, 3.63) is 36.5 Å². The summed E-state index contributed by atoms with van der Waals surface area (Å²) >= 11 is 0. The normalized spacial score (nSPS) is 11.8. The van der Waals surface area contributed by atoms with Crippen LogP contribution >= 0.6 is 0 Å². The zero-order valence-electron chi connectivity index (χ0n) is 11.8. The fourth-order valence-corrected chi connectivity index (χ4v) is 1.74. The minimum atomic E-state index is -4.65. The van der Waals surface area contributed by atoms with E-state index in [9.17, 15) is 13.2 Å². The number of hydrogen-bond donors (Lipinski definition) is 0. The summed E-state index contributed by atoms with van der Waals surface area (Å²) in [6.07, 6.45) is 2.67. The third-order valence-corrected chi connectivity index (χ3v) is 2.75. The quantitative estimate of drug-likeness (QED) is 0.646. The van der Waals surface area contributed by atoms with E-state index in [2.05, 4.69) is 17.7 Å². The van der Waals surface area contributed by atoms with Crippen molar-refractivity contribution < 1.29 is 17.9 Å². The number of allylic oxidation sites excluding steroid dienone is 1. The second-order valence-corrected chi connectivity index (χ2v) is 4.35. The van der Waals surface area contributed by atoms with Gasteiger partial charge in [0, 0.05) is 18.4 Å². The number of benzene rings is 1. The number of anilines is 1. The Morgan fingerprint density at radius 1 is 1.15 bits per heavy atom. The van der Waals surface area contributed by atoms with Crippen molar-refractivity contribution in [3.63, 3.8) is 0 Å². The minimum absolute atomic E-state index is 0.202. The molecule has 0 aliphatic carbocycles. The second kappa shape index (κ2) is 7.82. The van der Waals surface area contributed by atoms with E-state index in [1.807, 2.05) is 18.0 Å². The Bertz CT molecular complexity index is 412. The van der Waals surface area contributed by atoms with Crippen molar-refractivity contribution >= 4 is 5.69 Å². The molecule has 112 valence electrons. The van der Waals surface area contributed by atoms with Crippen LogP contribution in [-0.2, 0) is 0 Å². The van der Waals surface area contributed by atoms with Gasteiger partial charge < -0.3 is 9.64 Å². The van der Waals surface area contributed by atoms with Gasteiger partial charge >= 0.3 is 6.36 Å². The van der Waals surface area contributed by atoms with Crippen LogP contribution in [0.5, 0.6) is 5.75 Å². The van der Waals surface area contributed by atoms with Gasteiger partial charge in [0.25, 0.3) is 0 Å². The molecule has 0 aliphatic heterocycles. The van der Waals surface area contributed by atoms with Gasteiger partial charge in [0.15, 0.2) is 0 Å². The first-order valence-corrected chi connectivity index (χ1v) is 6.75. The highest BCUT2D eigenvalue weighted by Crippen LogP contribution is 2.25. The highest BCUT2D eigenvalue weighted by molar-refractivity contribution is 5.51. The summed E-state index contributed by atoms with van der Waals surface area (Å²) in [5, 5.41) is 0. The number of rotatable bonds is 7. The molecule has 20 heavy (non-hydrogen) atoms. The maximum atomic E-state index is 12.1.